The molecule has 0 radical (unpaired) electrons. The molecule has 228 valence electrons. The number of carbonyl (C=O) groups excluding carboxylic acids is 4. The van der Waals surface area contributed by atoms with Crippen molar-refractivity contribution >= 4 is 36.7 Å². The molecule has 0 saturated heterocycles. The number of carboxylic acid groups (broad SMARTS) is 4. The van der Waals surface area contributed by atoms with Crippen molar-refractivity contribution in [2.45, 2.75) is 39.5 Å². The Bertz CT molecular complexity index is 938. The van der Waals surface area contributed by atoms with Crippen molar-refractivity contribution in [2.75, 3.05) is 28.2 Å². The third kappa shape index (κ3) is 19.7. The summed E-state index contributed by atoms with van der Waals surface area (Å²) in [5, 5.41) is 38.2. The van der Waals surface area contributed by atoms with Crippen molar-refractivity contribution in [3.8, 4) is 0 Å². The number of rotatable bonds is 10. The van der Waals surface area contributed by atoms with Crippen LogP contribution >= 0.6 is 0 Å². The number of nitrogens with one attached hydrogen (secondary N) is 2. The largest absolute Gasteiger partial charge is 2.00 e. The van der Waals surface area contributed by atoms with Crippen molar-refractivity contribution in [2.24, 2.45) is 0 Å². The summed E-state index contributed by atoms with van der Waals surface area (Å²) in [7, 11) is 6.75. The van der Waals surface area contributed by atoms with E-state index in [1.807, 2.05) is 13.8 Å². The van der Waals surface area contributed by atoms with Crippen LogP contribution < -0.4 is 10.2 Å². The maximum absolute atomic E-state index is 10.6. The van der Waals surface area contributed by atoms with Crippen LogP contribution in [0.1, 0.15) is 80.3 Å². The first-order valence-corrected chi connectivity index (χ1v) is 11.0. The molecule has 0 bridgehead atoms. The molecule has 18 nitrogen and oxygen atoms in total. The number of aryl methyl sites for hydroxylation is 2. The fourth-order valence-corrected chi connectivity index (χ4v) is 2.16. The summed E-state index contributed by atoms with van der Waals surface area (Å²) in [4.78, 5) is 76.0. The van der Waals surface area contributed by atoms with Gasteiger partial charge >= 0.3 is 39.2 Å². The first-order valence-electron chi connectivity index (χ1n) is 11.0. The van der Waals surface area contributed by atoms with E-state index >= 15 is 0 Å². The van der Waals surface area contributed by atoms with E-state index in [1.165, 1.54) is 9.80 Å². The summed E-state index contributed by atoms with van der Waals surface area (Å²) in [6.45, 7) is 3.75. The van der Waals surface area contributed by atoms with Crippen LogP contribution in [0.5, 0.6) is 0 Å². The van der Waals surface area contributed by atoms with E-state index in [0.29, 0.717) is 24.5 Å². The van der Waals surface area contributed by atoms with Gasteiger partial charge in [-0.25, -0.2) is 19.6 Å². The SMILES string of the molecule is CCCc1nc(C(=O)[O-])c(C(=O)O)[nH]1.CCCc1nc(C(=O)[O-])c(C(=O)O)[nH]1.CN(C)C=O.CN(C)C=O.[Cd+2].[OH3+].[OH3+]. The molecule has 41 heavy (non-hydrogen) atoms. The Morgan fingerprint density at radius 2 is 0.976 bits per heavy atom. The molecule has 0 unspecified atom stereocenters. The topological polar surface area (TPSA) is 319 Å². The van der Waals surface area contributed by atoms with Crippen LogP contribution in [0.2, 0.25) is 0 Å². The third-order valence-electron chi connectivity index (χ3n) is 3.72. The van der Waals surface area contributed by atoms with Gasteiger partial charge < -0.3 is 60.7 Å². The molecule has 0 atom stereocenters. The molecule has 0 saturated carbocycles. The quantitative estimate of drug-likeness (QED) is 0.107. The number of amides is 2. The number of H-pyrrole nitrogens is 2. The third-order valence-corrected chi connectivity index (χ3v) is 3.72. The summed E-state index contributed by atoms with van der Waals surface area (Å²) < 4.78 is 0. The minimum Gasteiger partial charge on any atom is -0.543 e. The molecule has 0 aliphatic rings. The summed E-state index contributed by atoms with van der Waals surface area (Å²) >= 11 is 0. The van der Waals surface area contributed by atoms with Crippen molar-refractivity contribution in [3.63, 3.8) is 0 Å². The van der Waals surface area contributed by atoms with Crippen molar-refractivity contribution < 1.29 is 87.4 Å². The molecule has 0 fully saturated rings. The molecule has 2 aromatic heterocycles. The number of hydrogen-bond donors (Lipinski definition) is 4. The molecular formula is C22H38CdN6O12+2. The zero-order chi connectivity index (χ0) is 30.0. The minimum absolute atomic E-state index is 0. The summed E-state index contributed by atoms with van der Waals surface area (Å²) in [6.07, 6.45) is 4.01. The van der Waals surface area contributed by atoms with E-state index in [0.717, 1.165) is 25.7 Å². The monoisotopic (exact) mass is 692 g/mol. The van der Waals surface area contributed by atoms with E-state index in [1.54, 1.807) is 28.2 Å². The number of aromatic nitrogens is 4. The average molecular weight is 691 g/mol. The fourth-order valence-electron chi connectivity index (χ4n) is 2.16. The molecule has 0 aromatic carbocycles. The van der Waals surface area contributed by atoms with E-state index in [4.69, 9.17) is 10.2 Å². The van der Waals surface area contributed by atoms with Gasteiger partial charge in [0.2, 0.25) is 12.8 Å². The molecule has 2 heterocycles. The molecule has 19 heteroatoms. The van der Waals surface area contributed by atoms with Crippen molar-refractivity contribution in [3.05, 3.63) is 34.4 Å². The summed E-state index contributed by atoms with van der Waals surface area (Å²) in [5.74, 6) is -5.16. The van der Waals surface area contributed by atoms with Crippen LogP contribution in [0.3, 0.4) is 0 Å². The van der Waals surface area contributed by atoms with Crippen molar-refractivity contribution in [1.82, 2.24) is 29.7 Å². The smallest absolute Gasteiger partial charge is 0.543 e. The van der Waals surface area contributed by atoms with Crippen LogP contribution in [0.4, 0.5) is 0 Å². The number of carboxylic acids is 4. The van der Waals surface area contributed by atoms with Gasteiger partial charge in [0.15, 0.2) is 11.4 Å². The zero-order valence-electron chi connectivity index (χ0n) is 23.8. The molecule has 0 spiro atoms. The number of aromatic amines is 2. The Kier molecular flexibility index (Phi) is 28.7. The van der Waals surface area contributed by atoms with Gasteiger partial charge in [-0.3, -0.25) is 9.59 Å². The van der Waals surface area contributed by atoms with Gasteiger partial charge in [-0.15, -0.1) is 0 Å². The molecule has 2 rings (SSSR count). The second-order valence-electron chi connectivity index (χ2n) is 7.64. The van der Waals surface area contributed by atoms with E-state index in [2.05, 4.69) is 19.9 Å². The minimum atomic E-state index is -1.58. The predicted molar refractivity (Wildman–Crippen MR) is 137 cm³/mol. The van der Waals surface area contributed by atoms with Gasteiger partial charge in [-0.05, 0) is 12.8 Å². The normalized spacial score (nSPS) is 8.54. The number of carbonyl (C=O) groups is 6. The Labute approximate surface area is 255 Å². The standard InChI is InChI=1S/2C8H10N2O4.2C3H7NO.Cd.2H2O/c2*1-2-3-4-9-5(7(11)12)6(10-4)8(13)14;2*1-4(2)3-5;;;/h2*2-3H2,1H3,(H,9,10)(H,11,12)(H,13,14);2*3H,1-2H3;;2*1H2/q;;;;+2;;. The molecule has 10 N–H and O–H groups in total. The van der Waals surface area contributed by atoms with Crippen LogP contribution in [-0.4, -0.2) is 105 Å². The molecule has 0 aliphatic heterocycles. The Balaban J connectivity index is -0.000000151. The zero-order valence-corrected chi connectivity index (χ0v) is 27.8. The van der Waals surface area contributed by atoms with Crippen LogP contribution in [0, 0.1) is 0 Å². The van der Waals surface area contributed by atoms with Gasteiger partial charge in [0.1, 0.15) is 23.0 Å². The fraction of sp³-hybridized carbons (Fsp3) is 0.455. The molecule has 2 aromatic rings. The number of imidazole rings is 2. The van der Waals surface area contributed by atoms with Gasteiger partial charge in [0.05, 0.1) is 11.9 Å². The maximum atomic E-state index is 10.6. The average Bonchev–Trinajstić information content (AvgIpc) is 3.46. The van der Waals surface area contributed by atoms with E-state index < -0.39 is 46.7 Å². The van der Waals surface area contributed by atoms with Crippen LogP contribution in [0.25, 0.3) is 0 Å². The molecule has 0 aliphatic carbocycles. The molecule has 2 amide bonds. The van der Waals surface area contributed by atoms with Gasteiger partial charge in [0, 0.05) is 41.0 Å². The number of nitrogens with zero attached hydrogens (tertiary/aromatic N) is 4. The first kappa shape index (κ1) is 46.9. The Morgan fingerprint density at radius 1 is 0.732 bits per heavy atom. The van der Waals surface area contributed by atoms with E-state index in [-0.39, 0.29) is 38.3 Å². The summed E-state index contributed by atoms with van der Waals surface area (Å²) in [5.41, 5.74) is -1.93. The summed E-state index contributed by atoms with van der Waals surface area (Å²) in [6, 6.07) is 0. The van der Waals surface area contributed by atoms with Crippen LogP contribution in [0.15, 0.2) is 0 Å². The second-order valence-corrected chi connectivity index (χ2v) is 7.64. The maximum Gasteiger partial charge on any atom is 2.00 e. The van der Waals surface area contributed by atoms with Gasteiger partial charge in [-0.2, -0.15) is 0 Å². The van der Waals surface area contributed by atoms with Gasteiger partial charge in [-0.1, -0.05) is 13.8 Å². The second kappa shape index (κ2) is 25.1. The Hall–Kier alpha value is -3.92. The van der Waals surface area contributed by atoms with Crippen LogP contribution in [-0.2, 0) is 60.7 Å². The van der Waals surface area contributed by atoms with Gasteiger partial charge in [0.25, 0.3) is 0 Å². The predicted octanol–water partition coefficient (Wildman–Crippen LogP) is -3.59. The number of hydrogen-bond acceptors (Lipinski definition) is 10. The van der Waals surface area contributed by atoms with E-state index in [9.17, 15) is 39.0 Å². The van der Waals surface area contributed by atoms with Crippen molar-refractivity contribution in [1.29, 1.82) is 0 Å². The first-order chi connectivity index (χ1) is 17.7. The molecular weight excluding hydrogens is 653 g/mol. The Morgan fingerprint density at radius 3 is 1.10 bits per heavy atom. The number of aromatic carboxylic acids is 4.